The van der Waals surface area contributed by atoms with Gasteiger partial charge in [0, 0.05) is 37.1 Å². The first-order valence-corrected chi connectivity index (χ1v) is 10.3. The van der Waals surface area contributed by atoms with Crippen molar-refractivity contribution in [3.63, 3.8) is 0 Å². The molecule has 1 aliphatic rings. The standard InChI is InChI=1S/C22H23N3O2S/c26-21(20-16-28-22(24-20)19-7-2-1-3-8-19)23-14-17-5-4-6-18(13-17)15-25-9-11-27-12-10-25/h1-8,13,16H,9-12,14-15H2,(H,23,26). The van der Waals surface area contributed by atoms with Crippen LogP contribution in [0, 0.1) is 0 Å². The molecule has 1 aromatic heterocycles. The molecular formula is C22H23N3O2S. The van der Waals surface area contributed by atoms with Gasteiger partial charge in [-0.2, -0.15) is 0 Å². The van der Waals surface area contributed by atoms with Gasteiger partial charge >= 0.3 is 0 Å². The highest BCUT2D eigenvalue weighted by Crippen LogP contribution is 2.23. The van der Waals surface area contributed by atoms with Crippen LogP contribution < -0.4 is 5.32 Å². The highest BCUT2D eigenvalue weighted by molar-refractivity contribution is 7.13. The van der Waals surface area contributed by atoms with E-state index in [-0.39, 0.29) is 5.91 Å². The number of hydrogen-bond acceptors (Lipinski definition) is 5. The molecule has 0 unspecified atom stereocenters. The summed E-state index contributed by atoms with van der Waals surface area (Å²) in [5, 5.41) is 5.65. The van der Waals surface area contributed by atoms with Crippen molar-refractivity contribution in [3.05, 3.63) is 76.8 Å². The van der Waals surface area contributed by atoms with Crippen LogP contribution in [0.1, 0.15) is 21.6 Å². The molecule has 2 heterocycles. The molecule has 0 bridgehead atoms. The summed E-state index contributed by atoms with van der Waals surface area (Å²) in [6.07, 6.45) is 0. The van der Waals surface area contributed by atoms with Crippen LogP contribution in [0.15, 0.2) is 60.0 Å². The number of benzene rings is 2. The van der Waals surface area contributed by atoms with Crippen LogP contribution in [0.3, 0.4) is 0 Å². The van der Waals surface area contributed by atoms with Gasteiger partial charge in [-0.3, -0.25) is 9.69 Å². The zero-order valence-electron chi connectivity index (χ0n) is 15.6. The number of carbonyl (C=O) groups is 1. The SMILES string of the molecule is O=C(NCc1cccc(CN2CCOCC2)c1)c1csc(-c2ccccc2)n1. The summed E-state index contributed by atoms with van der Waals surface area (Å²) in [6.45, 7) is 4.94. The van der Waals surface area contributed by atoms with Crippen LogP contribution in [0.5, 0.6) is 0 Å². The highest BCUT2D eigenvalue weighted by Gasteiger charge is 2.13. The largest absolute Gasteiger partial charge is 0.379 e. The lowest BCUT2D eigenvalue weighted by molar-refractivity contribution is 0.0342. The first-order valence-electron chi connectivity index (χ1n) is 9.45. The maximum atomic E-state index is 12.5. The summed E-state index contributed by atoms with van der Waals surface area (Å²) in [7, 11) is 0. The van der Waals surface area contributed by atoms with E-state index >= 15 is 0 Å². The molecule has 2 aromatic carbocycles. The molecule has 1 fully saturated rings. The van der Waals surface area contributed by atoms with Gasteiger partial charge in [-0.1, -0.05) is 54.6 Å². The second-order valence-corrected chi connectivity index (χ2v) is 7.65. The summed E-state index contributed by atoms with van der Waals surface area (Å²) in [4.78, 5) is 19.3. The van der Waals surface area contributed by atoms with Crippen molar-refractivity contribution in [2.75, 3.05) is 26.3 Å². The Labute approximate surface area is 169 Å². The van der Waals surface area contributed by atoms with Crippen LogP contribution in [0.4, 0.5) is 0 Å². The molecule has 1 aliphatic heterocycles. The lowest BCUT2D eigenvalue weighted by Gasteiger charge is -2.26. The average molecular weight is 394 g/mol. The molecule has 3 aromatic rings. The van der Waals surface area contributed by atoms with Gasteiger partial charge in [0.25, 0.3) is 5.91 Å². The Morgan fingerprint density at radius 1 is 1.07 bits per heavy atom. The third-order valence-electron chi connectivity index (χ3n) is 4.71. The number of rotatable bonds is 6. The number of aromatic nitrogens is 1. The molecule has 5 nitrogen and oxygen atoms in total. The van der Waals surface area contributed by atoms with Crippen molar-refractivity contribution in [2.24, 2.45) is 0 Å². The van der Waals surface area contributed by atoms with Gasteiger partial charge in [0.05, 0.1) is 13.2 Å². The van der Waals surface area contributed by atoms with E-state index in [1.807, 2.05) is 47.8 Å². The molecule has 0 atom stereocenters. The maximum Gasteiger partial charge on any atom is 0.271 e. The van der Waals surface area contributed by atoms with Gasteiger partial charge in [-0.05, 0) is 11.1 Å². The van der Waals surface area contributed by atoms with Crippen LogP contribution in [-0.2, 0) is 17.8 Å². The van der Waals surface area contributed by atoms with Gasteiger partial charge in [0.2, 0.25) is 0 Å². The first-order chi connectivity index (χ1) is 13.8. The minimum atomic E-state index is -0.142. The Bertz CT molecular complexity index is 920. The topological polar surface area (TPSA) is 54.5 Å². The van der Waals surface area contributed by atoms with Gasteiger partial charge in [0.15, 0.2) is 0 Å². The quantitative estimate of drug-likeness (QED) is 0.696. The second kappa shape index (κ2) is 9.10. The number of morpholine rings is 1. The van der Waals surface area contributed by atoms with Crippen molar-refractivity contribution in [3.8, 4) is 10.6 Å². The van der Waals surface area contributed by atoms with Crippen molar-refractivity contribution < 1.29 is 9.53 Å². The molecule has 0 radical (unpaired) electrons. The van der Waals surface area contributed by atoms with Crippen LogP contribution in [0.2, 0.25) is 0 Å². The zero-order chi connectivity index (χ0) is 19.2. The lowest BCUT2D eigenvalue weighted by atomic mass is 10.1. The summed E-state index contributed by atoms with van der Waals surface area (Å²) in [6, 6.07) is 18.3. The van der Waals surface area contributed by atoms with Crippen molar-refractivity contribution in [1.29, 1.82) is 0 Å². The van der Waals surface area contributed by atoms with Crippen LogP contribution in [-0.4, -0.2) is 42.1 Å². The Balaban J connectivity index is 1.34. The Morgan fingerprint density at radius 3 is 2.68 bits per heavy atom. The van der Waals surface area contributed by atoms with Crippen molar-refractivity contribution >= 4 is 17.2 Å². The molecule has 0 saturated carbocycles. The summed E-state index contributed by atoms with van der Waals surface area (Å²) >= 11 is 1.49. The summed E-state index contributed by atoms with van der Waals surface area (Å²) < 4.78 is 5.40. The fourth-order valence-electron chi connectivity index (χ4n) is 3.22. The van der Waals surface area contributed by atoms with E-state index in [1.165, 1.54) is 16.9 Å². The van der Waals surface area contributed by atoms with Gasteiger partial charge < -0.3 is 10.1 Å². The van der Waals surface area contributed by atoms with Gasteiger partial charge in [-0.25, -0.2) is 4.98 Å². The van der Waals surface area contributed by atoms with E-state index in [0.717, 1.165) is 49.0 Å². The van der Waals surface area contributed by atoms with E-state index in [1.54, 1.807) is 0 Å². The molecule has 144 valence electrons. The van der Waals surface area contributed by atoms with Gasteiger partial charge in [-0.15, -0.1) is 11.3 Å². The van der Waals surface area contributed by atoms with E-state index in [4.69, 9.17) is 4.74 Å². The molecule has 6 heteroatoms. The fraction of sp³-hybridized carbons (Fsp3) is 0.273. The van der Waals surface area contributed by atoms with E-state index in [0.29, 0.717) is 12.2 Å². The number of thiazole rings is 1. The highest BCUT2D eigenvalue weighted by atomic mass is 32.1. The second-order valence-electron chi connectivity index (χ2n) is 6.80. The molecule has 4 rings (SSSR count). The summed E-state index contributed by atoms with van der Waals surface area (Å²) in [5.41, 5.74) is 3.85. The average Bonchev–Trinajstić information content (AvgIpc) is 3.24. The number of carbonyl (C=O) groups excluding carboxylic acids is 1. The van der Waals surface area contributed by atoms with E-state index < -0.39 is 0 Å². The van der Waals surface area contributed by atoms with Crippen LogP contribution >= 0.6 is 11.3 Å². The van der Waals surface area contributed by atoms with Crippen molar-refractivity contribution in [2.45, 2.75) is 13.1 Å². The van der Waals surface area contributed by atoms with E-state index in [9.17, 15) is 4.79 Å². The van der Waals surface area contributed by atoms with E-state index in [2.05, 4.69) is 27.3 Å². The molecule has 1 amide bonds. The normalized spacial score (nSPS) is 14.7. The number of hydrogen-bond donors (Lipinski definition) is 1. The third-order valence-corrected chi connectivity index (χ3v) is 5.60. The zero-order valence-corrected chi connectivity index (χ0v) is 16.5. The summed E-state index contributed by atoms with van der Waals surface area (Å²) in [5.74, 6) is -0.142. The predicted molar refractivity (Wildman–Crippen MR) is 111 cm³/mol. The third kappa shape index (κ3) is 4.84. The predicted octanol–water partition coefficient (Wildman–Crippen LogP) is 3.57. The molecule has 28 heavy (non-hydrogen) atoms. The molecule has 0 spiro atoms. The monoisotopic (exact) mass is 393 g/mol. The van der Waals surface area contributed by atoms with Crippen LogP contribution in [0.25, 0.3) is 10.6 Å². The van der Waals surface area contributed by atoms with Gasteiger partial charge in [0.1, 0.15) is 10.7 Å². The maximum absolute atomic E-state index is 12.5. The first kappa shape index (κ1) is 18.8. The minimum absolute atomic E-state index is 0.142. The fourth-order valence-corrected chi connectivity index (χ4v) is 4.03. The Hall–Kier alpha value is -2.54. The van der Waals surface area contributed by atoms with Crippen molar-refractivity contribution in [1.82, 2.24) is 15.2 Å². The number of amides is 1. The Morgan fingerprint density at radius 2 is 1.86 bits per heavy atom. The molecular weight excluding hydrogens is 370 g/mol. The Kier molecular flexibility index (Phi) is 6.11. The number of nitrogens with zero attached hydrogens (tertiary/aromatic N) is 2. The molecule has 1 saturated heterocycles. The molecule has 1 N–H and O–H groups in total. The number of nitrogens with one attached hydrogen (secondary N) is 1. The lowest BCUT2D eigenvalue weighted by Crippen LogP contribution is -2.35. The smallest absolute Gasteiger partial charge is 0.271 e. The molecule has 0 aliphatic carbocycles. The minimum Gasteiger partial charge on any atom is -0.379 e. The number of ether oxygens (including phenoxy) is 1.